The predicted molar refractivity (Wildman–Crippen MR) is 64.6 cm³/mol. The van der Waals surface area contributed by atoms with Crippen molar-refractivity contribution >= 4 is 11.8 Å². The van der Waals surface area contributed by atoms with Crippen LogP contribution in [0.4, 0.5) is 0 Å². The van der Waals surface area contributed by atoms with Crippen LogP contribution < -0.4 is 10.6 Å². The molecule has 0 aromatic rings. The summed E-state index contributed by atoms with van der Waals surface area (Å²) >= 11 is 0. The lowest BCUT2D eigenvalue weighted by atomic mass is 10.1. The summed E-state index contributed by atoms with van der Waals surface area (Å²) in [6, 6.07) is 0. The van der Waals surface area contributed by atoms with E-state index in [1.54, 1.807) is 0 Å². The average molecular weight is 228 g/mol. The van der Waals surface area contributed by atoms with E-state index in [1.807, 2.05) is 41.5 Å². The van der Waals surface area contributed by atoms with E-state index in [9.17, 15) is 9.59 Å². The van der Waals surface area contributed by atoms with Gasteiger partial charge in [-0.05, 0) is 5.92 Å². The van der Waals surface area contributed by atoms with E-state index in [0.29, 0.717) is 0 Å². The van der Waals surface area contributed by atoms with E-state index in [0.717, 1.165) is 0 Å². The maximum atomic E-state index is 11.5. The Morgan fingerprint density at radius 1 is 0.750 bits per heavy atom. The molecule has 0 rings (SSSR count). The molecule has 0 saturated carbocycles. The molecule has 0 radical (unpaired) electrons. The minimum absolute atomic E-state index is 0.0391. The highest BCUT2D eigenvalue weighted by Gasteiger charge is 2.20. The van der Waals surface area contributed by atoms with E-state index >= 15 is 0 Å². The first-order chi connectivity index (χ1) is 7.25. The lowest BCUT2D eigenvalue weighted by molar-refractivity contribution is -0.128. The number of rotatable bonds is 5. The van der Waals surface area contributed by atoms with Gasteiger partial charge in [0, 0.05) is 11.8 Å². The van der Waals surface area contributed by atoms with Gasteiger partial charge < -0.3 is 10.6 Å². The maximum Gasteiger partial charge on any atom is 0.224 e. The van der Waals surface area contributed by atoms with Crippen LogP contribution in [0.1, 0.15) is 41.5 Å². The van der Waals surface area contributed by atoms with Gasteiger partial charge in [-0.1, -0.05) is 41.5 Å². The zero-order chi connectivity index (χ0) is 12.9. The smallest absolute Gasteiger partial charge is 0.224 e. The van der Waals surface area contributed by atoms with Gasteiger partial charge in [0.2, 0.25) is 11.8 Å². The molecule has 0 bridgehead atoms. The number of hydrogen-bond acceptors (Lipinski definition) is 2. The average Bonchev–Trinajstić information content (AvgIpc) is 2.15. The summed E-state index contributed by atoms with van der Waals surface area (Å²) in [5, 5.41) is 5.66. The first kappa shape index (κ1) is 14.9. The molecule has 2 amide bonds. The first-order valence-electron chi connectivity index (χ1n) is 5.86. The molecule has 2 N–H and O–H groups in total. The van der Waals surface area contributed by atoms with Gasteiger partial charge in [0.25, 0.3) is 0 Å². The topological polar surface area (TPSA) is 58.2 Å². The van der Waals surface area contributed by atoms with Crippen LogP contribution in [0.15, 0.2) is 0 Å². The van der Waals surface area contributed by atoms with Gasteiger partial charge in [0.05, 0.1) is 0 Å². The number of carbonyl (C=O) groups excluding carboxylic acids is 2. The highest BCUT2D eigenvalue weighted by molar-refractivity contribution is 5.81. The van der Waals surface area contributed by atoms with Crippen molar-refractivity contribution in [1.29, 1.82) is 0 Å². The van der Waals surface area contributed by atoms with Crippen LogP contribution in [-0.4, -0.2) is 18.0 Å². The summed E-state index contributed by atoms with van der Waals surface area (Å²) in [4.78, 5) is 23.1. The molecule has 0 unspecified atom stereocenters. The first-order valence-corrected chi connectivity index (χ1v) is 5.86. The molecule has 0 saturated heterocycles. The van der Waals surface area contributed by atoms with Crippen LogP contribution >= 0.6 is 0 Å². The van der Waals surface area contributed by atoms with E-state index in [-0.39, 0.29) is 35.7 Å². The second kappa shape index (κ2) is 6.51. The highest BCUT2D eigenvalue weighted by Crippen LogP contribution is 2.02. The van der Waals surface area contributed by atoms with Crippen LogP contribution in [-0.2, 0) is 9.59 Å². The van der Waals surface area contributed by atoms with Crippen molar-refractivity contribution in [1.82, 2.24) is 10.6 Å². The molecular formula is C12H24N2O2. The van der Waals surface area contributed by atoms with Crippen molar-refractivity contribution < 1.29 is 9.59 Å². The molecular weight excluding hydrogens is 204 g/mol. The molecule has 0 aliphatic rings. The highest BCUT2D eigenvalue weighted by atomic mass is 16.2. The van der Waals surface area contributed by atoms with Gasteiger partial charge in [-0.3, -0.25) is 9.59 Å². The van der Waals surface area contributed by atoms with Gasteiger partial charge in [-0.15, -0.1) is 0 Å². The molecule has 0 aliphatic heterocycles. The SMILES string of the molecule is CC(C)C(=O)NC(NC(=O)C(C)C)C(C)C. The summed E-state index contributed by atoms with van der Waals surface area (Å²) in [5.74, 6) is -0.0506. The Labute approximate surface area is 98.2 Å². The van der Waals surface area contributed by atoms with Crippen molar-refractivity contribution in [2.24, 2.45) is 17.8 Å². The second-order valence-electron chi connectivity index (χ2n) is 5.05. The van der Waals surface area contributed by atoms with Crippen LogP contribution in [0.2, 0.25) is 0 Å². The second-order valence-corrected chi connectivity index (χ2v) is 5.05. The normalized spacial score (nSPS) is 11.4. The van der Waals surface area contributed by atoms with Crippen LogP contribution in [0.25, 0.3) is 0 Å². The monoisotopic (exact) mass is 228 g/mol. The predicted octanol–water partition coefficient (Wildman–Crippen LogP) is 1.51. The molecule has 0 aromatic carbocycles. The summed E-state index contributed by atoms with van der Waals surface area (Å²) in [6.07, 6.45) is -0.287. The van der Waals surface area contributed by atoms with Gasteiger partial charge in [-0.25, -0.2) is 0 Å². The van der Waals surface area contributed by atoms with Crippen molar-refractivity contribution in [2.45, 2.75) is 47.7 Å². The third-order valence-electron chi connectivity index (χ3n) is 2.31. The number of nitrogens with one attached hydrogen (secondary N) is 2. The zero-order valence-electron chi connectivity index (χ0n) is 11.1. The Hall–Kier alpha value is -1.06. The van der Waals surface area contributed by atoms with Gasteiger partial charge in [0.15, 0.2) is 0 Å². The molecule has 4 nitrogen and oxygen atoms in total. The quantitative estimate of drug-likeness (QED) is 0.701. The third kappa shape index (κ3) is 5.14. The van der Waals surface area contributed by atoms with E-state index in [4.69, 9.17) is 0 Å². The standard InChI is InChI=1S/C12H24N2O2/c1-7(2)10(13-11(15)8(3)4)14-12(16)9(5)6/h7-10H,1-6H3,(H,13,15)(H,14,16). The largest absolute Gasteiger partial charge is 0.336 e. The molecule has 16 heavy (non-hydrogen) atoms. The minimum Gasteiger partial charge on any atom is -0.336 e. The number of hydrogen-bond donors (Lipinski definition) is 2. The molecule has 0 heterocycles. The Morgan fingerprint density at radius 2 is 1.06 bits per heavy atom. The van der Waals surface area contributed by atoms with Crippen LogP contribution in [0.5, 0.6) is 0 Å². The molecule has 0 aliphatic carbocycles. The van der Waals surface area contributed by atoms with Crippen molar-refractivity contribution in [3.63, 3.8) is 0 Å². The van der Waals surface area contributed by atoms with Gasteiger partial charge in [0.1, 0.15) is 6.17 Å². The molecule has 0 spiro atoms. The Bertz CT molecular complexity index is 225. The lowest BCUT2D eigenvalue weighted by Gasteiger charge is -2.25. The van der Waals surface area contributed by atoms with Crippen LogP contribution in [0, 0.1) is 17.8 Å². The third-order valence-corrected chi connectivity index (χ3v) is 2.31. The van der Waals surface area contributed by atoms with E-state index < -0.39 is 0 Å². The number of carbonyl (C=O) groups is 2. The zero-order valence-corrected chi connectivity index (χ0v) is 11.1. The van der Waals surface area contributed by atoms with Gasteiger partial charge in [-0.2, -0.15) is 0 Å². The summed E-state index contributed by atoms with van der Waals surface area (Å²) in [5.41, 5.74) is 0. The molecule has 0 atom stereocenters. The Morgan fingerprint density at radius 3 is 1.25 bits per heavy atom. The molecule has 0 fully saturated rings. The molecule has 4 heteroatoms. The van der Waals surface area contributed by atoms with E-state index in [2.05, 4.69) is 10.6 Å². The van der Waals surface area contributed by atoms with Crippen molar-refractivity contribution in [3.05, 3.63) is 0 Å². The fourth-order valence-electron chi connectivity index (χ4n) is 1.01. The van der Waals surface area contributed by atoms with Crippen molar-refractivity contribution in [2.75, 3.05) is 0 Å². The molecule has 0 aromatic heterocycles. The fourth-order valence-corrected chi connectivity index (χ4v) is 1.01. The summed E-state index contributed by atoms with van der Waals surface area (Å²) in [6.45, 7) is 11.2. The summed E-state index contributed by atoms with van der Waals surface area (Å²) < 4.78 is 0. The van der Waals surface area contributed by atoms with Gasteiger partial charge >= 0.3 is 0 Å². The Kier molecular flexibility index (Phi) is 6.08. The van der Waals surface area contributed by atoms with E-state index in [1.165, 1.54) is 0 Å². The van der Waals surface area contributed by atoms with Crippen molar-refractivity contribution in [3.8, 4) is 0 Å². The molecule has 94 valence electrons. The Balaban J connectivity index is 4.40. The van der Waals surface area contributed by atoms with Crippen LogP contribution in [0.3, 0.4) is 0 Å². The fraction of sp³-hybridized carbons (Fsp3) is 0.833. The lowest BCUT2D eigenvalue weighted by Crippen LogP contribution is -2.52. The maximum absolute atomic E-state index is 11.5. The summed E-state index contributed by atoms with van der Waals surface area (Å²) in [7, 11) is 0. The minimum atomic E-state index is -0.287. The number of amides is 2.